The molecule has 0 bridgehead atoms. The summed E-state index contributed by atoms with van der Waals surface area (Å²) in [5.41, 5.74) is 3.72. The fourth-order valence-corrected chi connectivity index (χ4v) is 2.18. The standard InChI is InChI=1S/C13H15N3O/c1-17-11-4-2-10(3-5-11)9-16-13-6-7-14-12(13)8-15-16/h2-5,8,14H,6-7,9H2,1H3. The molecule has 88 valence electrons. The highest BCUT2D eigenvalue weighted by Gasteiger charge is 2.15. The van der Waals surface area contributed by atoms with E-state index >= 15 is 0 Å². The molecule has 0 saturated carbocycles. The lowest BCUT2D eigenvalue weighted by molar-refractivity contribution is 0.414. The zero-order chi connectivity index (χ0) is 11.7. The van der Waals surface area contributed by atoms with Crippen molar-refractivity contribution < 1.29 is 4.74 Å². The van der Waals surface area contributed by atoms with Crippen LogP contribution in [0.4, 0.5) is 5.69 Å². The van der Waals surface area contributed by atoms with Gasteiger partial charge in [-0.15, -0.1) is 0 Å². The summed E-state index contributed by atoms with van der Waals surface area (Å²) in [4.78, 5) is 0. The first-order valence-electron chi connectivity index (χ1n) is 5.78. The molecule has 4 heteroatoms. The summed E-state index contributed by atoms with van der Waals surface area (Å²) >= 11 is 0. The molecule has 1 aliphatic rings. The Hall–Kier alpha value is -1.97. The lowest BCUT2D eigenvalue weighted by Crippen LogP contribution is -2.06. The summed E-state index contributed by atoms with van der Waals surface area (Å²) in [7, 11) is 1.68. The minimum Gasteiger partial charge on any atom is -0.497 e. The van der Waals surface area contributed by atoms with Gasteiger partial charge in [0.25, 0.3) is 0 Å². The average Bonchev–Trinajstić information content (AvgIpc) is 2.95. The third kappa shape index (κ3) is 1.86. The third-order valence-corrected chi connectivity index (χ3v) is 3.12. The Labute approximate surface area is 100 Å². The molecular formula is C13H15N3O. The van der Waals surface area contributed by atoms with Crippen molar-refractivity contribution in [3.63, 3.8) is 0 Å². The van der Waals surface area contributed by atoms with Gasteiger partial charge in [0.1, 0.15) is 5.75 Å². The van der Waals surface area contributed by atoms with Gasteiger partial charge < -0.3 is 10.1 Å². The van der Waals surface area contributed by atoms with Crippen molar-refractivity contribution in [2.45, 2.75) is 13.0 Å². The maximum atomic E-state index is 5.15. The predicted octanol–water partition coefficient (Wildman–Crippen LogP) is 1.91. The van der Waals surface area contributed by atoms with E-state index in [0.717, 1.165) is 25.3 Å². The Morgan fingerprint density at radius 1 is 1.35 bits per heavy atom. The Morgan fingerprint density at radius 2 is 2.18 bits per heavy atom. The Morgan fingerprint density at radius 3 is 2.94 bits per heavy atom. The molecule has 1 aromatic carbocycles. The molecule has 1 aliphatic heterocycles. The summed E-state index contributed by atoms with van der Waals surface area (Å²) in [5, 5.41) is 7.72. The number of aromatic nitrogens is 2. The highest BCUT2D eigenvalue weighted by molar-refractivity contribution is 5.51. The number of methoxy groups -OCH3 is 1. The quantitative estimate of drug-likeness (QED) is 0.873. The molecular weight excluding hydrogens is 214 g/mol. The van der Waals surface area contributed by atoms with Crippen LogP contribution in [0.5, 0.6) is 5.75 Å². The first-order valence-corrected chi connectivity index (χ1v) is 5.78. The zero-order valence-corrected chi connectivity index (χ0v) is 9.81. The summed E-state index contributed by atoms with van der Waals surface area (Å²) in [6.07, 6.45) is 2.97. The fourth-order valence-electron chi connectivity index (χ4n) is 2.18. The van der Waals surface area contributed by atoms with Crippen molar-refractivity contribution in [3.8, 4) is 5.75 Å². The van der Waals surface area contributed by atoms with E-state index in [2.05, 4.69) is 27.2 Å². The van der Waals surface area contributed by atoms with Gasteiger partial charge in [-0.2, -0.15) is 5.10 Å². The maximum Gasteiger partial charge on any atom is 0.118 e. The van der Waals surface area contributed by atoms with Crippen LogP contribution in [0.2, 0.25) is 0 Å². The highest BCUT2D eigenvalue weighted by Crippen LogP contribution is 2.22. The number of rotatable bonds is 3. The molecule has 0 spiro atoms. The third-order valence-electron chi connectivity index (χ3n) is 3.12. The van der Waals surface area contributed by atoms with Crippen molar-refractivity contribution in [1.82, 2.24) is 9.78 Å². The van der Waals surface area contributed by atoms with Crippen LogP contribution in [0.15, 0.2) is 30.5 Å². The van der Waals surface area contributed by atoms with Crippen LogP contribution in [0.25, 0.3) is 0 Å². The van der Waals surface area contributed by atoms with Gasteiger partial charge in [0.05, 0.1) is 31.2 Å². The van der Waals surface area contributed by atoms with Crippen LogP contribution >= 0.6 is 0 Å². The molecule has 17 heavy (non-hydrogen) atoms. The number of hydrogen-bond acceptors (Lipinski definition) is 3. The SMILES string of the molecule is COc1ccc(Cn2ncc3c2CCN3)cc1. The lowest BCUT2D eigenvalue weighted by atomic mass is 10.2. The monoisotopic (exact) mass is 229 g/mol. The maximum absolute atomic E-state index is 5.15. The van der Waals surface area contributed by atoms with Gasteiger partial charge in [-0.1, -0.05) is 12.1 Å². The largest absolute Gasteiger partial charge is 0.497 e. The van der Waals surface area contributed by atoms with E-state index in [1.165, 1.54) is 16.9 Å². The molecule has 0 aliphatic carbocycles. The van der Waals surface area contributed by atoms with Crippen molar-refractivity contribution in [2.75, 3.05) is 19.0 Å². The van der Waals surface area contributed by atoms with Gasteiger partial charge in [0.15, 0.2) is 0 Å². The predicted molar refractivity (Wildman–Crippen MR) is 66.5 cm³/mol. The number of hydrogen-bond donors (Lipinski definition) is 1. The molecule has 2 aromatic rings. The second-order valence-corrected chi connectivity index (χ2v) is 4.19. The van der Waals surface area contributed by atoms with E-state index in [1.807, 2.05) is 18.3 Å². The smallest absolute Gasteiger partial charge is 0.118 e. The van der Waals surface area contributed by atoms with E-state index in [9.17, 15) is 0 Å². The molecule has 1 N–H and O–H groups in total. The van der Waals surface area contributed by atoms with Crippen LogP contribution in [0, 0.1) is 0 Å². The van der Waals surface area contributed by atoms with Crippen LogP contribution in [0.1, 0.15) is 11.3 Å². The lowest BCUT2D eigenvalue weighted by Gasteiger charge is -2.06. The van der Waals surface area contributed by atoms with E-state index < -0.39 is 0 Å². The van der Waals surface area contributed by atoms with Gasteiger partial charge in [-0.05, 0) is 17.7 Å². The number of fused-ring (bicyclic) bond motifs is 1. The Bertz CT molecular complexity index is 516. The summed E-state index contributed by atoms with van der Waals surface area (Å²) < 4.78 is 7.21. The second-order valence-electron chi connectivity index (χ2n) is 4.19. The number of ether oxygens (including phenoxy) is 1. The van der Waals surface area contributed by atoms with E-state index in [0.29, 0.717) is 0 Å². The number of anilines is 1. The molecule has 0 atom stereocenters. The van der Waals surface area contributed by atoms with Gasteiger partial charge in [-0.25, -0.2) is 0 Å². The summed E-state index contributed by atoms with van der Waals surface area (Å²) in [6.45, 7) is 1.84. The van der Waals surface area contributed by atoms with Crippen molar-refractivity contribution >= 4 is 5.69 Å². The average molecular weight is 229 g/mol. The minimum absolute atomic E-state index is 0.820. The van der Waals surface area contributed by atoms with Crippen molar-refractivity contribution in [2.24, 2.45) is 0 Å². The van der Waals surface area contributed by atoms with Crippen molar-refractivity contribution in [3.05, 3.63) is 41.7 Å². The molecule has 0 fully saturated rings. The molecule has 1 aromatic heterocycles. The van der Waals surface area contributed by atoms with Crippen LogP contribution in [0.3, 0.4) is 0 Å². The van der Waals surface area contributed by atoms with Gasteiger partial charge in [-0.3, -0.25) is 4.68 Å². The normalized spacial score (nSPS) is 13.2. The van der Waals surface area contributed by atoms with Gasteiger partial charge >= 0.3 is 0 Å². The molecule has 2 heterocycles. The summed E-state index contributed by atoms with van der Waals surface area (Å²) in [6, 6.07) is 8.12. The second kappa shape index (κ2) is 4.13. The molecule has 4 nitrogen and oxygen atoms in total. The fraction of sp³-hybridized carbons (Fsp3) is 0.308. The molecule has 3 rings (SSSR count). The first-order chi connectivity index (χ1) is 8.36. The van der Waals surface area contributed by atoms with E-state index in [4.69, 9.17) is 4.74 Å². The van der Waals surface area contributed by atoms with Crippen LogP contribution < -0.4 is 10.1 Å². The molecule has 0 saturated heterocycles. The summed E-state index contributed by atoms with van der Waals surface area (Å²) in [5.74, 6) is 0.890. The zero-order valence-electron chi connectivity index (χ0n) is 9.81. The van der Waals surface area contributed by atoms with Crippen LogP contribution in [-0.2, 0) is 13.0 Å². The number of nitrogens with one attached hydrogen (secondary N) is 1. The molecule has 0 radical (unpaired) electrons. The molecule has 0 amide bonds. The first kappa shape index (κ1) is 10.2. The number of benzene rings is 1. The van der Waals surface area contributed by atoms with Crippen LogP contribution in [-0.4, -0.2) is 23.4 Å². The Balaban J connectivity index is 1.81. The number of nitrogens with zero attached hydrogens (tertiary/aromatic N) is 2. The van der Waals surface area contributed by atoms with Gasteiger partial charge in [0, 0.05) is 13.0 Å². The minimum atomic E-state index is 0.820. The molecule has 0 unspecified atom stereocenters. The highest BCUT2D eigenvalue weighted by atomic mass is 16.5. The van der Waals surface area contributed by atoms with E-state index in [-0.39, 0.29) is 0 Å². The van der Waals surface area contributed by atoms with E-state index in [1.54, 1.807) is 7.11 Å². The van der Waals surface area contributed by atoms with Gasteiger partial charge in [0.2, 0.25) is 0 Å². The van der Waals surface area contributed by atoms with Crippen molar-refractivity contribution in [1.29, 1.82) is 0 Å². The Kier molecular flexibility index (Phi) is 2.48. The topological polar surface area (TPSA) is 39.1 Å².